The number of nitrogens with zero attached hydrogens (tertiary/aromatic N) is 2. The lowest BCUT2D eigenvalue weighted by molar-refractivity contribution is -0.118. The molecule has 166 valence electrons. The van der Waals surface area contributed by atoms with Crippen LogP contribution >= 0.6 is 22.9 Å². The third-order valence-corrected chi connectivity index (χ3v) is 6.40. The molecule has 1 fully saturated rings. The molecule has 1 N–H and O–H groups in total. The normalized spacial score (nSPS) is 13.7. The zero-order chi connectivity index (χ0) is 22.5. The Bertz CT molecular complexity index is 1080. The lowest BCUT2D eigenvalue weighted by Crippen LogP contribution is -2.48. The van der Waals surface area contributed by atoms with E-state index in [2.05, 4.69) is 10.2 Å². The minimum Gasteiger partial charge on any atom is -0.483 e. The molecular formula is C24H24ClN3O3S. The summed E-state index contributed by atoms with van der Waals surface area (Å²) in [6, 6.07) is 16.8. The van der Waals surface area contributed by atoms with Crippen molar-refractivity contribution in [2.75, 3.05) is 43.0 Å². The van der Waals surface area contributed by atoms with Crippen LogP contribution in [0.5, 0.6) is 5.75 Å². The molecule has 0 radical (unpaired) electrons. The van der Waals surface area contributed by atoms with Crippen LogP contribution in [0.15, 0.2) is 60.0 Å². The first-order valence-corrected chi connectivity index (χ1v) is 11.6. The van der Waals surface area contributed by atoms with Crippen molar-refractivity contribution in [2.45, 2.75) is 6.92 Å². The highest BCUT2D eigenvalue weighted by molar-refractivity contribution is 7.12. The summed E-state index contributed by atoms with van der Waals surface area (Å²) in [4.78, 5) is 29.7. The SMILES string of the molecule is Cc1cc(Cl)ccc1OCC(=O)Nc1ccc(N2CCN(C(=O)c3cccs3)CC2)cc1. The van der Waals surface area contributed by atoms with Crippen molar-refractivity contribution in [3.8, 4) is 5.75 Å². The van der Waals surface area contributed by atoms with Crippen LogP contribution in [0.2, 0.25) is 5.02 Å². The Labute approximate surface area is 196 Å². The Morgan fingerprint density at radius 3 is 2.47 bits per heavy atom. The van der Waals surface area contributed by atoms with Gasteiger partial charge in [0.1, 0.15) is 5.75 Å². The highest BCUT2D eigenvalue weighted by Crippen LogP contribution is 2.23. The molecule has 1 saturated heterocycles. The van der Waals surface area contributed by atoms with Gasteiger partial charge in [-0.25, -0.2) is 0 Å². The lowest BCUT2D eigenvalue weighted by atomic mass is 10.2. The Morgan fingerprint density at radius 1 is 1.06 bits per heavy atom. The zero-order valence-corrected chi connectivity index (χ0v) is 19.3. The van der Waals surface area contributed by atoms with Gasteiger partial charge in [-0.2, -0.15) is 0 Å². The van der Waals surface area contributed by atoms with Crippen LogP contribution in [0.3, 0.4) is 0 Å². The number of rotatable bonds is 6. The van der Waals surface area contributed by atoms with Crippen LogP contribution in [-0.2, 0) is 4.79 Å². The van der Waals surface area contributed by atoms with Crippen molar-refractivity contribution in [3.63, 3.8) is 0 Å². The number of hydrogen-bond acceptors (Lipinski definition) is 5. The van der Waals surface area contributed by atoms with Crippen molar-refractivity contribution < 1.29 is 14.3 Å². The summed E-state index contributed by atoms with van der Waals surface area (Å²) in [5.41, 5.74) is 2.66. The molecule has 3 aromatic rings. The molecule has 0 atom stereocenters. The number of carbonyl (C=O) groups excluding carboxylic acids is 2. The number of amides is 2. The van der Waals surface area contributed by atoms with E-state index in [1.165, 1.54) is 11.3 Å². The van der Waals surface area contributed by atoms with E-state index < -0.39 is 0 Å². The molecule has 2 amide bonds. The van der Waals surface area contributed by atoms with Crippen molar-refractivity contribution in [2.24, 2.45) is 0 Å². The second-order valence-electron chi connectivity index (χ2n) is 7.55. The molecule has 1 aliphatic rings. The Morgan fingerprint density at radius 2 is 1.81 bits per heavy atom. The zero-order valence-electron chi connectivity index (χ0n) is 17.7. The van der Waals surface area contributed by atoms with Crippen molar-refractivity contribution >= 4 is 46.1 Å². The summed E-state index contributed by atoms with van der Waals surface area (Å²) in [5, 5.41) is 5.41. The second kappa shape index (κ2) is 10.1. The molecule has 1 aliphatic heterocycles. The molecule has 4 rings (SSSR count). The second-order valence-corrected chi connectivity index (χ2v) is 8.93. The molecule has 0 aliphatic carbocycles. The fourth-order valence-electron chi connectivity index (χ4n) is 3.59. The van der Waals surface area contributed by atoms with Crippen LogP contribution in [0, 0.1) is 6.92 Å². The van der Waals surface area contributed by atoms with Gasteiger partial charge in [0.25, 0.3) is 11.8 Å². The highest BCUT2D eigenvalue weighted by Gasteiger charge is 2.22. The topological polar surface area (TPSA) is 61.9 Å². The monoisotopic (exact) mass is 469 g/mol. The predicted molar refractivity (Wildman–Crippen MR) is 129 cm³/mol. The molecule has 2 aromatic carbocycles. The van der Waals surface area contributed by atoms with Gasteiger partial charge in [0.2, 0.25) is 0 Å². The third kappa shape index (κ3) is 5.41. The molecule has 2 heterocycles. The molecule has 0 bridgehead atoms. The Kier molecular flexibility index (Phi) is 6.97. The quantitative estimate of drug-likeness (QED) is 0.569. The first kappa shape index (κ1) is 22.2. The molecule has 32 heavy (non-hydrogen) atoms. The van der Waals surface area contributed by atoms with Crippen molar-refractivity contribution in [3.05, 3.63) is 75.4 Å². The van der Waals surface area contributed by atoms with E-state index in [1.54, 1.807) is 18.2 Å². The van der Waals surface area contributed by atoms with E-state index in [0.29, 0.717) is 29.5 Å². The van der Waals surface area contributed by atoms with E-state index in [4.69, 9.17) is 16.3 Å². The number of anilines is 2. The lowest BCUT2D eigenvalue weighted by Gasteiger charge is -2.36. The van der Waals surface area contributed by atoms with Crippen molar-refractivity contribution in [1.82, 2.24) is 4.90 Å². The van der Waals surface area contributed by atoms with E-state index in [9.17, 15) is 9.59 Å². The summed E-state index contributed by atoms with van der Waals surface area (Å²) in [5.74, 6) is 0.512. The average molecular weight is 470 g/mol. The standard InChI is InChI=1S/C24H24ClN3O3S/c1-17-15-18(25)4-9-21(17)31-16-23(29)26-19-5-7-20(8-6-19)27-10-12-28(13-11-27)24(30)22-3-2-14-32-22/h2-9,14-15H,10-13,16H2,1H3,(H,26,29). The maximum Gasteiger partial charge on any atom is 0.264 e. The first-order chi connectivity index (χ1) is 15.5. The van der Waals surface area contributed by atoms with E-state index in [0.717, 1.165) is 29.2 Å². The van der Waals surface area contributed by atoms with Gasteiger partial charge in [-0.15, -0.1) is 11.3 Å². The summed E-state index contributed by atoms with van der Waals surface area (Å²) in [6.07, 6.45) is 0. The number of benzene rings is 2. The van der Waals surface area contributed by atoms with Gasteiger partial charge >= 0.3 is 0 Å². The van der Waals surface area contributed by atoms with Crippen LogP contribution in [0.4, 0.5) is 11.4 Å². The van der Waals surface area contributed by atoms with E-state index in [-0.39, 0.29) is 18.4 Å². The van der Waals surface area contributed by atoms with Crippen LogP contribution in [-0.4, -0.2) is 49.5 Å². The minimum absolute atomic E-state index is 0.0789. The van der Waals surface area contributed by atoms with Crippen LogP contribution in [0.1, 0.15) is 15.2 Å². The molecule has 0 unspecified atom stereocenters. The van der Waals surface area contributed by atoms with E-state index in [1.807, 2.05) is 53.6 Å². The van der Waals surface area contributed by atoms with Crippen molar-refractivity contribution in [1.29, 1.82) is 0 Å². The molecule has 1 aromatic heterocycles. The maximum absolute atomic E-state index is 12.5. The fraction of sp³-hybridized carbons (Fsp3) is 0.250. The average Bonchev–Trinajstić information content (AvgIpc) is 3.34. The summed E-state index contributed by atoms with van der Waals surface area (Å²) in [6.45, 7) is 4.74. The summed E-state index contributed by atoms with van der Waals surface area (Å²) in [7, 11) is 0. The molecular weight excluding hydrogens is 446 g/mol. The van der Waals surface area contributed by atoms with Gasteiger partial charge in [0.05, 0.1) is 4.88 Å². The molecule has 6 nitrogen and oxygen atoms in total. The molecule has 0 saturated carbocycles. The fourth-order valence-corrected chi connectivity index (χ4v) is 4.51. The predicted octanol–water partition coefficient (Wildman–Crippen LogP) is 4.69. The first-order valence-electron chi connectivity index (χ1n) is 10.4. The Hall–Kier alpha value is -3.03. The van der Waals surface area contributed by atoms with Crippen LogP contribution < -0.4 is 15.0 Å². The molecule has 8 heteroatoms. The number of ether oxygens (including phenoxy) is 1. The van der Waals surface area contributed by atoms with Gasteiger partial charge in [0, 0.05) is 42.6 Å². The number of piperazine rings is 1. The Balaban J connectivity index is 1.26. The smallest absolute Gasteiger partial charge is 0.264 e. The highest BCUT2D eigenvalue weighted by atomic mass is 35.5. The number of thiophene rings is 1. The maximum atomic E-state index is 12.5. The van der Waals surface area contributed by atoms with Gasteiger partial charge in [-0.3, -0.25) is 9.59 Å². The van der Waals surface area contributed by atoms with Gasteiger partial charge in [-0.1, -0.05) is 17.7 Å². The molecule has 0 spiro atoms. The van der Waals surface area contributed by atoms with E-state index >= 15 is 0 Å². The number of halogens is 1. The summed E-state index contributed by atoms with van der Waals surface area (Å²) >= 11 is 7.42. The van der Waals surface area contributed by atoms with Gasteiger partial charge in [0.15, 0.2) is 6.61 Å². The van der Waals surface area contributed by atoms with Crippen LogP contribution in [0.25, 0.3) is 0 Å². The van der Waals surface area contributed by atoms with Gasteiger partial charge < -0.3 is 19.9 Å². The number of nitrogens with one attached hydrogen (secondary N) is 1. The largest absolute Gasteiger partial charge is 0.483 e. The minimum atomic E-state index is -0.229. The number of aryl methyl sites for hydroxylation is 1. The summed E-state index contributed by atoms with van der Waals surface area (Å²) < 4.78 is 5.59. The third-order valence-electron chi connectivity index (χ3n) is 5.31. The van der Waals surface area contributed by atoms with Gasteiger partial charge in [-0.05, 0) is 66.4 Å². The number of carbonyl (C=O) groups is 2. The number of hydrogen-bond donors (Lipinski definition) is 1.